The van der Waals surface area contributed by atoms with Gasteiger partial charge in [-0.25, -0.2) is 19.3 Å². The first-order valence-corrected chi connectivity index (χ1v) is 10.4. The summed E-state index contributed by atoms with van der Waals surface area (Å²) in [5.41, 5.74) is 2.09. The number of aromatic nitrogens is 4. The van der Waals surface area contributed by atoms with Crippen LogP contribution in [0.4, 0.5) is 10.2 Å². The number of piperazine rings is 1. The van der Waals surface area contributed by atoms with E-state index in [9.17, 15) is 14.0 Å². The average Bonchev–Trinajstić information content (AvgIpc) is 3.45. The second-order valence-corrected chi connectivity index (χ2v) is 7.55. The molecular weight excluding hydrogens is 429 g/mol. The van der Waals surface area contributed by atoms with Crippen molar-refractivity contribution in [1.82, 2.24) is 30.2 Å². The Morgan fingerprint density at radius 3 is 2.85 bits per heavy atom. The van der Waals surface area contributed by atoms with E-state index in [1.54, 1.807) is 17.3 Å². The van der Waals surface area contributed by atoms with Crippen molar-refractivity contribution in [2.24, 2.45) is 0 Å². The van der Waals surface area contributed by atoms with Crippen LogP contribution in [0.25, 0.3) is 22.3 Å². The molecule has 1 fully saturated rings. The van der Waals surface area contributed by atoms with Gasteiger partial charge in [-0.2, -0.15) is 0 Å². The van der Waals surface area contributed by atoms with E-state index in [-0.39, 0.29) is 24.2 Å². The smallest absolute Gasteiger partial charge is 0.255 e. The monoisotopic (exact) mass is 449 g/mol. The van der Waals surface area contributed by atoms with Crippen LogP contribution in [0.3, 0.4) is 0 Å². The number of carbonyl (C=O) groups excluding carboxylic acids is 2. The second-order valence-electron chi connectivity index (χ2n) is 7.55. The summed E-state index contributed by atoms with van der Waals surface area (Å²) in [6.45, 7) is 5.87. The van der Waals surface area contributed by atoms with E-state index < -0.39 is 5.82 Å². The minimum absolute atomic E-state index is 0.0359. The van der Waals surface area contributed by atoms with Crippen LogP contribution in [-0.2, 0) is 11.3 Å². The number of hydrogen-bond donors (Lipinski definition) is 2. The number of halogens is 1. The highest BCUT2D eigenvalue weighted by Gasteiger charge is 2.22. The molecule has 168 valence electrons. The molecular formula is C22H20FN7O3. The molecule has 33 heavy (non-hydrogen) atoms. The van der Waals surface area contributed by atoms with Crippen LogP contribution in [0.15, 0.2) is 47.7 Å². The highest BCUT2D eigenvalue weighted by molar-refractivity contribution is 6.04. The second kappa shape index (κ2) is 8.34. The molecule has 4 aromatic rings. The number of benzene rings is 1. The lowest BCUT2D eigenvalue weighted by atomic mass is 10.2. The third-order valence-corrected chi connectivity index (χ3v) is 5.50. The lowest BCUT2D eigenvalue weighted by molar-refractivity contribution is -0.126. The standard InChI is InChI=1S/C22H20FN7O3/c1-2-19(31)30-7-5-29(6-8-30)17-11-25-21-20(28-17)14(10-24-21)22(32)26-12-18-27-15-9-13(23)3-4-16(15)33-18/h2-4,9-11H,1,5-8,12H2,(H,24,25)(H,26,32). The van der Waals surface area contributed by atoms with Gasteiger partial charge in [0.2, 0.25) is 11.8 Å². The van der Waals surface area contributed by atoms with Gasteiger partial charge in [0.15, 0.2) is 11.2 Å². The number of rotatable bonds is 5. The summed E-state index contributed by atoms with van der Waals surface area (Å²) in [4.78, 5) is 44.5. The number of oxazole rings is 1. The molecule has 2 N–H and O–H groups in total. The van der Waals surface area contributed by atoms with Crippen molar-refractivity contribution in [3.8, 4) is 0 Å². The largest absolute Gasteiger partial charge is 0.439 e. The molecule has 1 saturated heterocycles. The van der Waals surface area contributed by atoms with Gasteiger partial charge in [-0.15, -0.1) is 0 Å². The maximum Gasteiger partial charge on any atom is 0.255 e. The van der Waals surface area contributed by atoms with Gasteiger partial charge in [0.25, 0.3) is 5.91 Å². The summed E-state index contributed by atoms with van der Waals surface area (Å²) >= 11 is 0. The third kappa shape index (κ3) is 4.00. The van der Waals surface area contributed by atoms with E-state index in [0.29, 0.717) is 59.8 Å². The molecule has 3 aromatic heterocycles. The first-order valence-electron chi connectivity index (χ1n) is 10.4. The van der Waals surface area contributed by atoms with Gasteiger partial charge in [-0.3, -0.25) is 9.59 Å². The highest BCUT2D eigenvalue weighted by atomic mass is 19.1. The molecule has 10 nitrogen and oxygen atoms in total. The predicted octanol–water partition coefficient (Wildman–Crippen LogP) is 2.00. The van der Waals surface area contributed by atoms with Crippen LogP contribution >= 0.6 is 0 Å². The summed E-state index contributed by atoms with van der Waals surface area (Å²) in [5, 5.41) is 2.75. The number of amides is 2. The van der Waals surface area contributed by atoms with Crippen molar-refractivity contribution in [3.63, 3.8) is 0 Å². The molecule has 0 spiro atoms. The molecule has 5 rings (SSSR count). The first-order chi connectivity index (χ1) is 16.0. The van der Waals surface area contributed by atoms with Gasteiger partial charge >= 0.3 is 0 Å². The van der Waals surface area contributed by atoms with Crippen molar-refractivity contribution >= 4 is 39.9 Å². The van der Waals surface area contributed by atoms with Gasteiger partial charge in [0.05, 0.1) is 18.3 Å². The molecule has 0 bridgehead atoms. The van der Waals surface area contributed by atoms with E-state index in [1.807, 2.05) is 4.90 Å². The number of fused-ring (bicyclic) bond motifs is 2. The molecule has 2 amide bonds. The molecule has 11 heteroatoms. The van der Waals surface area contributed by atoms with Gasteiger partial charge in [0, 0.05) is 38.4 Å². The third-order valence-electron chi connectivity index (χ3n) is 5.50. The zero-order chi connectivity index (χ0) is 22.9. The number of hydrogen-bond acceptors (Lipinski definition) is 7. The maximum atomic E-state index is 13.3. The van der Waals surface area contributed by atoms with Crippen molar-refractivity contribution < 1.29 is 18.4 Å². The molecule has 0 aliphatic carbocycles. The Bertz CT molecular complexity index is 1370. The van der Waals surface area contributed by atoms with Gasteiger partial charge in [0.1, 0.15) is 22.7 Å². The molecule has 0 saturated carbocycles. The lowest BCUT2D eigenvalue weighted by Gasteiger charge is -2.34. The van der Waals surface area contributed by atoms with Crippen LogP contribution in [0, 0.1) is 5.82 Å². The van der Waals surface area contributed by atoms with E-state index in [1.165, 1.54) is 24.3 Å². The summed E-state index contributed by atoms with van der Waals surface area (Å²) in [6, 6.07) is 4.05. The normalized spacial score (nSPS) is 14.1. The summed E-state index contributed by atoms with van der Waals surface area (Å²) < 4.78 is 18.9. The molecule has 4 heterocycles. The fourth-order valence-corrected chi connectivity index (χ4v) is 3.77. The fourth-order valence-electron chi connectivity index (χ4n) is 3.77. The molecule has 1 aliphatic rings. The highest BCUT2D eigenvalue weighted by Crippen LogP contribution is 2.21. The van der Waals surface area contributed by atoms with Crippen LogP contribution in [0.1, 0.15) is 16.2 Å². The number of nitrogens with zero attached hydrogens (tertiary/aromatic N) is 5. The Morgan fingerprint density at radius 1 is 1.24 bits per heavy atom. The number of nitrogens with one attached hydrogen (secondary N) is 2. The SMILES string of the molecule is C=CC(=O)N1CCN(c2cnc3[nH]cc(C(=O)NCc4nc5cc(F)ccc5o4)c3n2)CC1. The maximum absolute atomic E-state index is 13.3. The Labute approximate surface area is 187 Å². The average molecular weight is 449 g/mol. The van der Waals surface area contributed by atoms with Crippen molar-refractivity contribution in [1.29, 1.82) is 0 Å². The van der Waals surface area contributed by atoms with Crippen LogP contribution in [0.2, 0.25) is 0 Å². The summed E-state index contributed by atoms with van der Waals surface area (Å²) in [5.74, 6) is 0.0194. The molecule has 1 aliphatic heterocycles. The Kier molecular flexibility index (Phi) is 5.21. The van der Waals surface area contributed by atoms with Crippen molar-refractivity contribution in [2.75, 3.05) is 31.1 Å². The van der Waals surface area contributed by atoms with Gasteiger partial charge in [-0.1, -0.05) is 6.58 Å². The lowest BCUT2D eigenvalue weighted by Crippen LogP contribution is -2.48. The number of anilines is 1. The summed E-state index contributed by atoms with van der Waals surface area (Å²) in [7, 11) is 0. The van der Waals surface area contributed by atoms with E-state index in [2.05, 4.69) is 31.8 Å². The fraction of sp³-hybridized carbons (Fsp3) is 0.227. The van der Waals surface area contributed by atoms with Gasteiger partial charge < -0.3 is 24.5 Å². The molecule has 0 atom stereocenters. The zero-order valence-electron chi connectivity index (χ0n) is 17.5. The topological polar surface area (TPSA) is 120 Å². The number of H-pyrrole nitrogens is 1. The van der Waals surface area contributed by atoms with E-state index >= 15 is 0 Å². The Hall–Kier alpha value is -4.28. The molecule has 0 unspecified atom stereocenters. The Morgan fingerprint density at radius 2 is 2.06 bits per heavy atom. The van der Waals surface area contributed by atoms with Crippen LogP contribution < -0.4 is 10.2 Å². The minimum Gasteiger partial charge on any atom is -0.439 e. The number of aromatic amines is 1. The quantitative estimate of drug-likeness (QED) is 0.447. The number of carbonyl (C=O) groups is 2. The van der Waals surface area contributed by atoms with E-state index in [0.717, 1.165) is 0 Å². The Balaban J connectivity index is 1.30. The van der Waals surface area contributed by atoms with E-state index in [4.69, 9.17) is 4.42 Å². The van der Waals surface area contributed by atoms with Crippen molar-refractivity contribution in [2.45, 2.75) is 6.54 Å². The first kappa shape index (κ1) is 20.6. The predicted molar refractivity (Wildman–Crippen MR) is 118 cm³/mol. The van der Waals surface area contributed by atoms with Crippen molar-refractivity contribution in [3.05, 3.63) is 60.5 Å². The van der Waals surface area contributed by atoms with Crippen LogP contribution in [0.5, 0.6) is 0 Å². The van der Waals surface area contributed by atoms with Gasteiger partial charge in [-0.05, 0) is 18.2 Å². The molecule has 1 aromatic carbocycles. The van der Waals surface area contributed by atoms with Crippen LogP contribution in [-0.4, -0.2) is 62.8 Å². The molecule has 0 radical (unpaired) electrons. The summed E-state index contributed by atoms with van der Waals surface area (Å²) in [6.07, 6.45) is 4.50. The zero-order valence-corrected chi connectivity index (χ0v) is 17.5. The minimum atomic E-state index is -0.409.